The quantitative estimate of drug-likeness (QED) is 0.874. The Balaban J connectivity index is 2.10. The molecule has 0 aliphatic heterocycles. The van der Waals surface area contributed by atoms with Gasteiger partial charge in [0.05, 0.1) is 6.61 Å². The Morgan fingerprint density at radius 2 is 2.22 bits per heavy atom. The molecule has 1 heterocycles. The number of aliphatic hydroxyl groups excluding tert-OH is 1. The van der Waals surface area contributed by atoms with E-state index in [-0.39, 0.29) is 18.6 Å². The summed E-state index contributed by atoms with van der Waals surface area (Å²) in [5.74, 6) is -0.0587. The van der Waals surface area contributed by atoms with Crippen LogP contribution in [-0.4, -0.2) is 44.9 Å². The van der Waals surface area contributed by atoms with Gasteiger partial charge in [0, 0.05) is 25.8 Å². The molecule has 1 fully saturated rings. The maximum Gasteiger partial charge on any atom is 0.274 e. The van der Waals surface area contributed by atoms with Crippen LogP contribution in [0.2, 0.25) is 0 Å². The first-order valence-corrected chi connectivity index (χ1v) is 6.64. The number of hydrogen-bond donors (Lipinski definition) is 1. The predicted molar refractivity (Wildman–Crippen MR) is 68.2 cm³/mol. The van der Waals surface area contributed by atoms with Crippen LogP contribution in [0.4, 0.5) is 0 Å². The topological polar surface area (TPSA) is 58.4 Å². The van der Waals surface area contributed by atoms with Crippen molar-refractivity contribution >= 4 is 5.91 Å². The first-order chi connectivity index (χ1) is 8.72. The number of carbonyl (C=O) groups is 1. The number of aryl methyl sites for hydroxylation is 1. The monoisotopic (exact) mass is 251 g/mol. The van der Waals surface area contributed by atoms with Crippen LogP contribution in [0, 0.1) is 0 Å². The van der Waals surface area contributed by atoms with Gasteiger partial charge in [-0.2, -0.15) is 5.10 Å². The van der Waals surface area contributed by atoms with E-state index in [4.69, 9.17) is 5.11 Å². The molecule has 0 atom stereocenters. The third-order valence-electron chi connectivity index (χ3n) is 3.55. The fourth-order valence-corrected chi connectivity index (χ4v) is 2.63. The van der Waals surface area contributed by atoms with Crippen LogP contribution in [0.3, 0.4) is 0 Å². The standard InChI is InChI=1S/C13H21N3O2/c1-15-8-7-12(14-15)13(18)16(9-10-17)11-5-3-2-4-6-11/h7-8,11,17H,2-6,9-10H2,1H3. The molecule has 1 aliphatic rings. The van der Waals surface area contributed by atoms with E-state index in [1.807, 2.05) is 0 Å². The van der Waals surface area contributed by atoms with Crippen molar-refractivity contribution in [2.45, 2.75) is 38.1 Å². The highest BCUT2D eigenvalue weighted by atomic mass is 16.3. The molecule has 5 heteroatoms. The van der Waals surface area contributed by atoms with Crippen LogP contribution < -0.4 is 0 Å². The van der Waals surface area contributed by atoms with Crippen LogP contribution in [0.25, 0.3) is 0 Å². The molecule has 1 N–H and O–H groups in total. The van der Waals surface area contributed by atoms with E-state index < -0.39 is 0 Å². The number of carbonyl (C=O) groups excluding carboxylic acids is 1. The van der Waals surface area contributed by atoms with Crippen molar-refractivity contribution in [3.63, 3.8) is 0 Å². The van der Waals surface area contributed by atoms with Gasteiger partial charge in [0.2, 0.25) is 0 Å². The predicted octanol–water partition coefficient (Wildman–Crippen LogP) is 1.19. The Morgan fingerprint density at radius 3 is 2.78 bits per heavy atom. The van der Waals surface area contributed by atoms with Crippen LogP contribution >= 0.6 is 0 Å². The largest absolute Gasteiger partial charge is 0.395 e. The summed E-state index contributed by atoms with van der Waals surface area (Å²) in [6.45, 7) is 0.412. The normalized spacial score (nSPS) is 16.8. The number of rotatable bonds is 4. The van der Waals surface area contributed by atoms with Crippen LogP contribution in [0.5, 0.6) is 0 Å². The molecule has 2 rings (SSSR count). The van der Waals surface area contributed by atoms with Crippen molar-refractivity contribution < 1.29 is 9.90 Å². The summed E-state index contributed by atoms with van der Waals surface area (Å²) in [5, 5.41) is 13.3. The molecule has 1 aromatic rings. The summed E-state index contributed by atoms with van der Waals surface area (Å²) < 4.78 is 1.63. The molecule has 1 aliphatic carbocycles. The Morgan fingerprint density at radius 1 is 1.50 bits per heavy atom. The Bertz CT molecular complexity index is 397. The fourth-order valence-electron chi connectivity index (χ4n) is 2.63. The second-order valence-corrected chi connectivity index (χ2v) is 4.89. The lowest BCUT2D eigenvalue weighted by atomic mass is 9.94. The minimum atomic E-state index is -0.0587. The smallest absolute Gasteiger partial charge is 0.274 e. The van der Waals surface area contributed by atoms with E-state index in [0.717, 1.165) is 12.8 Å². The van der Waals surface area contributed by atoms with E-state index in [1.54, 1.807) is 28.9 Å². The average Bonchev–Trinajstić information content (AvgIpc) is 2.83. The SMILES string of the molecule is Cn1ccc(C(=O)N(CCO)C2CCCCC2)n1. The van der Waals surface area contributed by atoms with Crippen molar-refractivity contribution in [3.8, 4) is 0 Å². The maximum atomic E-state index is 12.4. The summed E-state index contributed by atoms with van der Waals surface area (Å²) in [5.41, 5.74) is 0.469. The highest BCUT2D eigenvalue weighted by Crippen LogP contribution is 2.23. The highest BCUT2D eigenvalue weighted by Gasteiger charge is 2.26. The molecule has 1 saturated carbocycles. The molecule has 18 heavy (non-hydrogen) atoms. The van der Waals surface area contributed by atoms with Gasteiger partial charge >= 0.3 is 0 Å². The Kier molecular flexibility index (Phi) is 4.36. The minimum Gasteiger partial charge on any atom is -0.395 e. The molecule has 100 valence electrons. The number of amides is 1. The van der Waals surface area contributed by atoms with Crippen molar-refractivity contribution in [2.75, 3.05) is 13.2 Å². The molecule has 0 aromatic carbocycles. The molecule has 0 radical (unpaired) electrons. The summed E-state index contributed by atoms with van der Waals surface area (Å²) in [6.07, 6.45) is 7.44. The Labute approximate surface area is 107 Å². The lowest BCUT2D eigenvalue weighted by Gasteiger charge is -2.33. The first kappa shape index (κ1) is 13.1. The van der Waals surface area contributed by atoms with E-state index >= 15 is 0 Å². The van der Waals surface area contributed by atoms with Gasteiger partial charge in [0.1, 0.15) is 5.69 Å². The second-order valence-electron chi connectivity index (χ2n) is 4.89. The molecule has 1 aromatic heterocycles. The third-order valence-corrected chi connectivity index (χ3v) is 3.55. The zero-order valence-corrected chi connectivity index (χ0v) is 10.9. The van der Waals surface area contributed by atoms with Crippen molar-refractivity contribution in [2.24, 2.45) is 7.05 Å². The van der Waals surface area contributed by atoms with E-state index in [2.05, 4.69) is 5.10 Å². The van der Waals surface area contributed by atoms with Gasteiger partial charge in [0.25, 0.3) is 5.91 Å². The zero-order valence-electron chi connectivity index (χ0n) is 10.9. The summed E-state index contributed by atoms with van der Waals surface area (Å²) in [6, 6.07) is 2.00. The summed E-state index contributed by atoms with van der Waals surface area (Å²) in [4.78, 5) is 14.2. The molecular weight excluding hydrogens is 230 g/mol. The van der Waals surface area contributed by atoms with Crippen molar-refractivity contribution in [3.05, 3.63) is 18.0 Å². The average molecular weight is 251 g/mol. The molecule has 5 nitrogen and oxygen atoms in total. The van der Waals surface area contributed by atoms with E-state index in [9.17, 15) is 4.79 Å². The van der Waals surface area contributed by atoms with Crippen molar-refractivity contribution in [1.29, 1.82) is 0 Å². The molecule has 0 unspecified atom stereocenters. The number of hydrogen-bond acceptors (Lipinski definition) is 3. The minimum absolute atomic E-state index is 0.00900. The fraction of sp³-hybridized carbons (Fsp3) is 0.692. The Hall–Kier alpha value is -1.36. The van der Waals surface area contributed by atoms with Crippen molar-refractivity contribution in [1.82, 2.24) is 14.7 Å². The van der Waals surface area contributed by atoms with Gasteiger partial charge in [-0.15, -0.1) is 0 Å². The molecule has 0 spiro atoms. The summed E-state index contributed by atoms with van der Waals surface area (Å²) >= 11 is 0. The zero-order chi connectivity index (χ0) is 13.0. The molecular formula is C13H21N3O2. The van der Waals surface area contributed by atoms with Gasteiger partial charge in [-0.3, -0.25) is 9.48 Å². The van der Waals surface area contributed by atoms with Crippen LogP contribution in [0.1, 0.15) is 42.6 Å². The molecule has 0 saturated heterocycles. The highest BCUT2D eigenvalue weighted by molar-refractivity contribution is 5.92. The molecule has 0 bridgehead atoms. The molecule has 1 amide bonds. The van der Waals surface area contributed by atoms with E-state index in [1.165, 1.54) is 19.3 Å². The van der Waals surface area contributed by atoms with Gasteiger partial charge < -0.3 is 10.0 Å². The number of nitrogens with zero attached hydrogens (tertiary/aromatic N) is 3. The number of aliphatic hydroxyl groups is 1. The van der Waals surface area contributed by atoms with Gasteiger partial charge in [0.15, 0.2) is 0 Å². The maximum absolute atomic E-state index is 12.4. The third kappa shape index (κ3) is 2.90. The first-order valence-electron chi connectivity index (χ1n) is 6.64. The lowest BCUT2D eigenvalue weighted by Crippen LogP contribution is -2.43. The van der Waals surface area contributed by atoms with Gasteiger partial charge in [-0.25, -0.2) is 0 Å². The van der Waals surface area contributed by atoms with Gasteiger partial charge in [-0.05, 0) is 18.9 Å². The van der Waals surface area contributed by atoms with E-state index in [0.29, 0.717) is 12.2 Å². The van der Waals surface area contributed by atoms with Crippen LogP contribution in [-0.2, 0) is 7.05 Å². The van der Waals surface area contributed by atoms with Crippen LogP contribution in [0.15, 0.2) is 12.3 Å². The van der Waals surface area contributed by atoms with Gasteiger partial charge in [-0.1, -0.05) is 19.3 Å². The summed E-state index contributed by atoms with van der Waals surface area (Å²) in [7, 11) is 1.80. The lowest BCUT2D eigenvalue weighted by molar-refractivity contribution is 0.0578. The number of aromatic nitrogens is 2. The second kappa shape index (κ2) is 6.00.